The average Bonchev–Trinajstić information content (AvgIpc) is 2.13. The summed E-state index contributed by atoms with van der Waals surface area (Å²) in [5.74, 6) is -1.08. The van der Waals surface area contributed by atoms with Crippen LogP contribution in [0.15, 0.2) is 0 Å². The van der Waals surface area contributed by atoms with Crippen LogP contribution in [0, 0.1) is 5.92 Å². The van der Waals surface area contributed by atoms with Crippen molar-refractivity contribution < 1.29 is 19.1 Å². The lowest BCUT2D eigenvalue weighted by atomic mass is 10.00. The second-order valence-electron chi connectivity index (χ2n) is 3.17. The van der Waals surface area contributed by atoms with Gasteiger partial charge in [-0.3, -0.25) is 4.79 Å². The second-order valence-corrected chi connectivity index (χ2v) is 3.17. The van der Waals surface area contributed by atoms with Gasteiger partial charge in [-0.1, -0.05) is 13.3 Å². The highest BCUT2D eigenvalue weighted by atomic mass is 16.6. The lowest BCUT2D eigenvalue weighted by Crippen LogP contribution is -2.49. The van der Waals surface area contributed by atoms with Gasteiger partial charge in [-0.2, -0.15) is 0 Å². The van der Waals surface area contributed by atoms with Gasteiger partial charge in [0.2, 0.25) is 6.10 Å². The predicted molar refractivity (Wildman–Crippen MR) is 44.9 cm³/mol. The summed E-state index contributed by atoms with van der Waals surface area (Å²) >= 11 is 0. The van der Waals surface area contributed by atoms with Crippen LogP contribution in [0.4, 0.5) is 0 Å². The fraction of sp³-hybridized carbons (Fsp3) is 0.778. The number of esters is 2. The number of rotatable bonds is 4. The average molecular weight is 186 g/mol. The van der Waals surface area contributed by atoms with E-state index in [4.69, 9.17) is 4.74 Å². The SMILES string of the molecule is CCCCOC(=O)C1OC(=O)C1C. The van der Waals surface area contributed by atoms with E-state index in [1.807, 2.05) is 6.92 Å². The molecule has 0 aliphatic carbocycles. The summed E-state index contributed by atoms with van der Waals surface area (Å²) in [6.45, 7) is 4.09. The number of carbonyl (C=O) groups is 2. The third-order valence-electron chi connectivity index (χ3n) is 2.04. The largest absolute Gasteiger partial charge is 0.463 e. The molecule has 1 fully saturated rings. The molecule has 1 saturated heterocycles. The molecule has 1 aliphatic heterocycles. The molecule has 4 heteroatoms. The van der Waals surface area contributed by atoms with Crippen LogP contribution in [-0.4, -0.2) is 24.6 Å². The van der Waals surface area contributed by atoms with Crippen LogP contribution < -0.4 is 0 Å². The Morgan fingerprint density at radius 1 is 1.62 bits per heavy atom. The zero-order valence-corrected chi connectivity index (χ0v) is 7.91. The van der Waals surface area contributed by atoms with Crippen LogP contribution in [0.3, 0.4) is 0 Å². The molecule has 0 N–H and O–H groups in total. The van der Waals surface area contributed by atoms with Crippen LogP contribution in [0.25, 0.3) is 0 Å². The lowest BCUT2D eigenvalue weighted by molar-refractivity contribution is -0.196. The molecular weight excluding hydrogens is 172 g/mol. The van der Waals surface area contributed by atoms with Gasteiger partial charge in [0.25, 0.3) is 0 Å². The van der Waals surface area contributed by atoms with Crippen molar-refractivity contribution >= 4 is 11.9 Å². The summed E-state index contributed by atoms with van der Waals surface area (Å²) in [5.41, 5.74) is 0. The van der Waals surface area contributed by atoms with Gasteiger partial charge in [0.15, 0.2) is 0 Å². The van der Waals surface area contributed by atoms with Gasteiger partial charge in [0, 0.05) is 0 Å². The van der Waals surface area contributed by atoms with E-state index in [9.17, 15) is 9.59 Å². The van der Waals surface area contributed by atoms with Crippen LogP contribution in [0.2, 0.25) is 0 Å². The molecule has 0 saturated carbocycles. The normalized spacial score (nSPS) is 26.2. The maximum Gasteiger partial charge on any atom is 0.348 e. The number of unbranched alkanes of at least 4 members (excludes halogenated alkanes) is 1. The third kappa shape index (κ3) is 2.20. The van der Waals surface area contributed by atoms with E-state index < -0.39 is 12.1 Å². The van der Waals surface area contributed by atoms with E-state index in [0.29, 0.717) is 6.61 Å². The molecule has 0 radical (unpaired) electrons. The summed E-state index contributed by atoms with van der Waals surface area (Å²) in [6, 6.07) is 0. The fourth-order valence-corrected chi connectivity index (χ4v) is 1.04. The van der Waals surface area contributed by atoms with Crippen molar-refractivity contribution in [2.24, 2.45) is 5.92 Å². The molecule has 1 heterocycles. The second kappa shape index (κ2) is 4.25. The molecule has 0 spiro atoms. The Morgan fingerprint density at radius 3 is 2.77 bits per heavy atom. The van der Waals surface area contributed by atoms with Crippen molar-refractivity contribution in [2.45, 2.75) is 32.8 Å². The topological polar surface area (TPSA) is 52.6 Å². The smallest absolute Gasteiger partial charge is 0.348 e. The third-order valence-corrected chi connectivity index (χ3v) is 2.04. The van der Waals surface area contributed by atoms with Gasteiger partial charge in [-0.05, 0) is 13.3 Å². The minimum absolute atomic E-state index is 0.322. The number of carbonyl (C=O) groups excluding carboxylic acids is 2. The fourth-order valence-electron chi connectivity index (χ4n) is 1.04. The Morgan fingerprint density at radius 2 is 2.31 bits per heavy atom. The number of cyclic esters (lactones) is 1. The van der Waals surface area contributed by atoms with E-state index in [0.717, 1.165) is 12.8 Å². The Hall–Kier alpha value is -1.06. The van der Waals surface area contributed by atoms with Crippen molar-refractivity contribution in [2.75, 3.05) is 6.61 Å². The van der Waals surface area contributed by atoms with Crippen LogP contribution in [0.5, 0.6) is 0 Å². The Kier molecular flexibility index (Phi) is 3.28. The molecule has 2 unspecified atom stereocenters. The van der Waals surface area contributed by atoms with Crippen molar-refractivity contribution in [3.8, 4) is 0 Å². The Labute approximate surface area is 77.2 Å². The van der Waals surface area contributed by atoms with Gasteiger partial charge in [0.05, 0.1) is 6.61 Å². The maximum absolute atomic E-state index is 11.2. The van der Waals surface area contributed by atoms with E-state index >= 15 is 0 Å². The molecule has 74 valence electrons. The summed E-state index contributed by atoms with van der Waals surface area (Å²) in [4.78, 5) is 21.8. The number of ether oxygens (including phenoxy) is 2. The molecule has 0 aromatic rings. The number of hydrogen-bond acceptors (Lipinski definition) is 4. The van der Waals surface area contributed by atoms with Crippen molar-refractivity contribution in [3.63, 3.8) is 0 Å². The predicted octanol–water partition coefficient (Wildman–Crippen LogP) is 0.891. The molecule has 0 aromatic carbocycles. The zero-order chi connectivity index (χ0) is 9.84. The van der Waals surface area contributed by atoms with Crippen LogP contribution in [0.1, 0.15) is 26.7 Å². The molecule has 0 bridgehead atoms. The first kappa shape index (κ1) is 10.0. The first-order valence-electron chi connectivity index (χ1n) is 4.54. The molecular formula is C9H14O4. The standard InChI is InChI=1S/C9H14O4/c1-3-4-5-12-9(11)7-6(2)8(10)13-7/h6-7H,3-5H2,1-2H3. The first-order chi connectivity index (χ1) is 6.16. The van der Waals surface area contributed by atoms with Crippen LogP contribution >= 0.6 is 0 Å². The first-order valence-corrected chi connectivity index (χ1v) is 4.54. The van der Waals surface area contributed by atoms with Gasteiger partial charge in [-0.15, -0.1) is 0 Å². The molecule has 2 atom stereocenters. The molecule has 1 aliphatic rings. The van der Waals surface area contributed by atoms with E-state index in [1.54, 1.807) is 6.92 Å². The highest BCUT2D eigenvalue weighted by molar-refractivity contribution is 5.91. The van der Waals surface area contributed by atoms with Gasteiger partial charge in [-0.25, -0.2) is 4.79 Å². The molecule has 4 nitrogen and oxygen atoms in total. The summed E-state index contributed by atoms with van der Waals surface area (Å²) in [5, 5.41) is 0. The monoisotopic (exact) mass is 186 g/mol. The maximum atomic E-state index is 11.2. The summed E-state index contributed by atoms with van der Waals surface area (Å²) in [6.07, 6.45) is 1.16. The molecule has 0 aromatic heterocycles. The number of hydrogen-bond donors (Lipinski definition) is 0. The van der Waals surface area contributed by atoms with Crippen molar-refractivity contribution in [3.05, 3.63) is 0 Å². The Balaban J connectivity index is 2.21. The molecule has 13 heavy (non-hydrogen) atoms. The molecule has 0 amide bonds. The highest BCUT2D eigenvalue weighted by Gasteiger charge is 2.44. The van der Waals surface area contributed by atoms with Gasteiger partial charge >= 0.3 is 11.9 Å². The Bertz CT molecular complexity index is 212. The van der Waals surface area contributed by atoms with Gasteiger partial charge < -0.3 is 9.47 Å². The van der Waals surface area contributed by atoms with E-state index in [-0.39, 0.29) is 11.9 Å². The van der Waals surface area contributed by atoms with E-state index in [2.05, 4.69) is 4.74 Å². The van der Waals surface area contributed by atoms with E-state index in [1.165, 1.54) is 0 Å². The highest BCUT2D eigenvalue weighted by Crippen LogP contribution is 2.22. The molecule has 1 rings (SSSR count). The van der Waals surface area contributed by atoms with Gasteiger partial charge in [0.1, 0.15) is 5.92 Å². The summed E-state index contributed by atoms with van der Waals surface area (Å²) < 4.78 is 9.52. The van der Waals surface area contributed by atoms with Crippen molar-refractivity contribution in [1.82, 2.24) is 0 Å². The zero-order valence-electron chi connectivity index (χ0n) is 7.91. The quantitative estimate of drug-likeness (QED) is 0.483. The minimum Gasteiger partial charge on any atom is -0.463 e. The van der Waals surface area contributed by atoms with Crippen molar-refractivity contribution in [1.29, 1.82) is 0 Å². The summed E-state index contributed by atoms with van der Waals surface area (Å²) in [7, 11) is 0. The van der Waals surface area contributed by atoms with Crippen LogP contribution in [-0.2, 0) is 19.1 Å². The minimum atomic E-state index is -0.663. The lowest BCUT2D eigenvalue weighted by Gasteiger charge is -2.30.